The Hall–Kier alpha value is 0.520. The van der Waals surface area contributed by atoms with Gasteiger partial charge in [0, 0.05) is 11.9 Å². The molecule has 0 spiro atoms. The van der Waals surface area contributed by atoms with Gasteiger partial charge in [0.2, 0.25) is 0 Å². The summed E-state index contributed by atoms with van der Waals surface area (Å²) in [5.41, 5.74) is 1.27. The lowest BCUT2D eigenvalue weighted by atomic mass is 10.4. The second kappa shape index (κ2) is 7.51. The molecule has 106 valence electrons. The predicted molar refractivity (Wildman–Crippen MR) is 88.0 cm³/mol. The maximum atomic E-state index is 12.7. The van der Waals surface area contributed by atoms with Crippen LogP contribution in [0.4, 0.5) is 0 Å². The molecule has 0 bridgehead atoms. The monoisotopic (exact) mass is 377 g/mol. The average molecular weight is 379 g/mol. The van der Waals surface area contributed by atoms with Crippen LogP contribution in [0, 0.1) is 0 Å². The summed E-state index contributed by atoms with van der Waals surface area (Å²) in [4.78, 5) is 0.525. The smallest absolute Gasteiger partial charge is 0.306 e. The molecule has 1 unspecified atom stereocenters. The van der Waals surface area contributed by atoms with Crippen LogP contribution in [0.2, 0.25) is 15.1 Å². The molecule has 19 heavy (non-hydrogen) atoms. The Morgan fingerprint density at radius 1 is 1.42 bits per heavy atom. The largest absolute Gasteiger partial charge is 0.358 e. The van der Waals surface area contributed by atoms with E-state index < -0.39 is 6.72 Å². The van der Waals surface area contributed by atoms with E-state index in [9.17, 15) is 4.57 Å². The van der Waals surface area contributed by atoms with Crippen molar-refractivity contribution in [3.63, 3.8) is 0 Å². The van der Waals surface area contributed by atoms with Crippen LogP contribution in [0.15, 0.2) is 17.0 Å². The van der Waals surface area contributed by atoms with Gasteiger partial charge in [0.15, 0.2) is 0 Å². The van der Waals surface area contributed by atoms with Crippen molar-refractivity contribution in [1.29, 1.82) is 0 Å². The predicted octanol–water partition coefficient (Wildman–Crippen LogP) is 5.77. The summed E-state index contributed by atoms with van der Waals surface area (Å²) in [6, 6.07) is 3.23. The van der Waals surface area contributed by atoms with Gasteiger partial charge in [-0.2, -0.15) is 0 Å². The van der Waals surface area contributed by atoms with Crippen LogP contribution < -0.4 is 0 Å². The summed E-state index contributed by atoms with van der Waals surface area (Å²) in [6.07, 6.45) is 0. The Morgan fingerprint density at radius 3 is 2.58 bits per heavy atom. The molecule has 1 atom stereocenters. The second-order valence-corrected chi connectivity index (χ2v) is 9.08. The molecule has 0 heterocycles. The molecule has 0 fully saturated rings. The third-order valence-corrected chi connectivity index (χ3v) is 8.53. The van der Waals surface area contributed by atoms with Gasteiger partial charge in [-0.25, -0.2) is 0 Å². The molecule has 0 aromatic heterocycles. The lowest BCUT2D eigenvalue weighted by molar-refractivity contribution is 0.325. The van der Waals surface area contributed by atoms with E-state index in [4.69, 9.17) is 51.5 Å². The normalized spacial score (nSPS) is 13.9. The highest BCUT2D eigenvalue weighted by atomic mass is 35.5. The maximum absolute atomic E-state index is 12.7. The Kier molecular flexibility index (Phi) is 6.94. The number of hydrogen-bond donors (Lipinski definition) is 0. The SMILES string of the molecule is CCOP(=O)(Sc1ccc(Cl)c(Cl)c1Cl)N(C)C=S. The molecule has 0 aliphatic heterocycles. The number of halogens is 3. The van der Waals surface area contributed by atoms with Gasteiger partial charge in [-0.05, 0) is 30.4 Å². The quantitative estimate of drug-likeness (QED) is 0.356. The van der Waals surface area contributed by atoms with E-state index in [0.717, 1.165) is 11.4 Å². The lowest BCUT2D eigenvalue weighted by Gasteiger charge is -2.24. The topological polar surface area (TPSA) is 29.5 Å². The minimum Gasteiger partial charge on any atom is -0.306 e. The van der Waals surface area contributed by atoms with Gasteiger partial charge in [-0.15, -0.1) is 0 Å². The van der Waals surface area contributed by atoms with E-state index in [-0.39, 0.29) is 16.7 Å². The number of thiocarbonyl (C=S) groups is 1. The standard InChI is InChI=1S/C10H11Cl3NO2PS2/c1-3-16-17(15,14(2)6-18)19-8-5-4-7(11)9(12)10(8)13/h4-6H,3H2,1-2H3. The molecule has 0 amide bonds. The van der Waals surface area contributed by atoms with E-state index in [1.807, 2.05) is 0 Å². The summed E-state index contributed by atoms with van der Waals surface area (Å²) in [7, 11) is 1.59. The fraction of sp³-hybridized carbons (Fsp3) is 0.300. The second-order valence-electron chi connectivity index (χ2n) is 3.33. The highest BCUT2D eigenvalue weighted by Crippen LogP contribution is 2.65. The van der Waals surface area contributed by atoms with E-state index >= 15 is 0 Å². The first-order valence-electron chi connectivity index (χ1n) is 5.12. The van der Waals surface area contributed by atoms with Crippen LogP contribution in [0.25, 0.3) is 0 Å². The molecular formula is C10H11Cl3NO2PS2. The zero-order chi connectivity index (χ0) is 14.6. The third-order valence-electron chi connectivity index (χ3n) is 2.04. The molecule has 1 aromatic carbocycles. The Bertz CT molecular complexity index is 530. The molecule has 0 aliphatic carbocycles. The maximum Gasteiger partial charge on any atom is 0.358 e. The van der Waals surface area contributed by atoms with Crippen molar-refractivity contribution in [3.05, 3.63) is 27.2 Å². The van der Waals surface area contributed by atoms with Gasteiger partial charge in [0.25, 0.3) is 0 Å². The van der Waals surface area contributed by atoms with Crippen LogP contribution in [0.5, 0.6) is 0 Å². The molecule has 9 heteroatoms. The molecule has 0 N–H and O–H groups in total. The van der Waals surface area contributed by atoms with Crippen molar-refractivity contribution in [2.75, 3.05) is 13.7 Å². The van der Waals surface area contributed by atoms with Crippen LogP contribution in [0.3, 0.4) is 0 Å². The van der Waals surface area contributed by atoms with Crippen LogP contribution in [-0.4, -0.2) is 23.8 Å². The van der Waals surface area contributed by atoms with Gasteiger partial charge in [-0.1, -0.05) is 47.0 Å². The first-order chi connectivity index (χ1) is 8.85. The zero-order valence-electron chi connectivity index (χ0n) is 10.1. The zero-order valence-corrected chi connectivity index (χ0v) is 14.9. The van der Waals surface area contributed by atoms with Crippen molar-refractivity contribution in [2.24, 2.45) is 0 Å². The summed E-state index contributed by atoms with van der Waals surface area (Å²) >= 11 is 23.7. The lowest BCUT2D eigenvalue weighted by Crippen LogP contribution is -2.11. The summed E-state index contributed by atoms with van der Waals surface area (Å²) in [5.74, 6) is 0. The van der Waals surface area contributed by atoms with Gasteiger partial charge in [0.1, 0.15) is 0 Å². The van der Waals surface area contributed by atoms with Crippen molar-refractivity contribution in [3.8, 4) is 0 Å². The van der Waals surface area contributed by atoms with Crippen LogP contribution >= 0.6 is 65.1 Å². The van der Waals surface area contributed by atoms with Gasteiger partial charge < -0.3 is 4.52 Å². The molecule has 1 aromatic rings. The fourth-order valence-corrected chi connectivity index (χ4v) is 6.09. The molecule has 0 aliphatic rings. The average Bonchev–Trinajstić information content (AvgIpc) is 2.39. The Morgan fingerprint density at radius 2 is 2.05 bits per heavy atom. The molecule has 0 saturated carbocycles. The molecular weight excluding hydrogens is 368 g/mol. The number of benzene rings is 1. The van der Waals surface area contributed by atoms with Crippen LogP contribution in [-0.2, 0) is 9.09 Å². The Balaban J connectivity index is 3.14. The molecule has 3 nitrogen and oxygen atoms in total. The van der Waals surface area contributed by atoms with Gasteiger partial charge >= 0.3 is 6.72 Å². The highest BCUT2D eigenvalue weighted by Gasteiger charge is 2.30. The van der Waals surface area contributed by atoms with Crippen molar-refractivity contribution < 1.29 is 9.09 Å². The van der Waals surface area contributed by atoms with E-state index in [0.29, 0.717) is 9.92 Å². The van der Waals surface area contributed by atoms with Crippen molar-refractivity contribution in [2.45, 2.75) is 11.8 Å². The molecule has 0 radical (unpaired) electrons. The van der Waals surface area contributed by atoms with Gasteiger partial charge in [0.05, 0.1) is 27.2 Å². The molecule has 1 rings (SSSR count). The molecule has 0 saturated heterocycles. The third kappa shape index (κ3) is 4.24. The highest BCUT2D eigenvalue weighted by molar-refractivity contribution is 8.56. The van der Waals surface area contributed by atoms with E-state index in [1.165, 1.54) is 10.2 Å². The minimum atomic E-state index is -3.19. The number of hydrogen-bond acceptors (Lipinski definition) is 4. The minimum absolute atomic E-state index is 0.224. The number of rotatable bonds is 6. The fourth-order valence-electron chi connectivity index (χ4n) is 1.11. The first kappa shape index (κ1) is 17.6. The Labute approximate surface area is 136 Å². The van der Waals surface area contributed by atoms with Crippen molar-refractivity contribution in [1.82, 2.24) is 4.67 Å². The first-order valence-corrected chi connectivity index (χ1v) is 9.72. The van der Waals surface area contributed by atoms with Crippen molar-refractivity contribution >= 4 is 70.6 Å². The summed E-state index contributed by atoms with van der Waals surface area (Å²) < 4.78 is 19.4. The van der Waals surface area contributed by atoms with Crippen LogP contribution in [0.1, 0.15) is 6.92 Å². The van der Waals surface area contributed by atoms with Gasteiger partial charge in [-0.3, -0.25) is 9.24 Å². The van der Waals surface area contributed by atoms with E-state index in [2.05, 4.69) is 0 Å². The van der Waals surface area contributed by atoms with E-state index in [1.54, 1.807) is 26.1 Å². The summed E-state index contributed by atoms with van der Waals surface area (Å²) in [6.45, 7) is -1.15. The number of nitrogens with zero attached hydrogens (tertiary/aromatic N) is 1. The summed E-state index contributed by atoms with van der Waals surface area (Å²) in [5, 5.41) is 0.809.